The third-order valence-corrected chi connectivity index (χ3v) is 4.75. The lowest BCUT2D eigenvalue weighted by Crippen LogP contribution is -2.24. The highest BCUT2D eigenvalue weighted by atomic mass is 32.2. The standard InChI is InChI=1S/C18H17N3O5S/c1-10-5-13(11(2)25-10)17-20-21-18(26-17)27-8-16(22)19-7-12-3-4-14-15(6-12)24-9-23-14/h3-6H,7-9H2,1-2H3,(H,19,22). The highest BCUT2D eigenvalue weighted by molar-refractivity contribution is 7.99. The van der Waals surface area contributed by atoms with Gasteiger partial charge in [-0.25, -0.2) is 0 Å². The van der Waals surface area contributed by atoms with Crippen LogP contribution < -0.4 is 14.8 Å². The summed E-state index contributed by atoms with van der Waals surface area (Å²) in [6.45, 7) is 4.32. The molecule has 0 saturated carbocycles. The van der Waals surface area contributed by atoms with Crippen molar-refractivity contribution in [1.82, 2.24) is 15.5 Å². The average Bonchev–Trinajstić information content (AvgIpc) is 3.37. The van der Waals surface area contributed by atoms with Crippen LogP contribution in [0, 0.1) is 13.8 Å². The van der Waals surface area contributed by atoms with Crippen LogP contribution in [0.3, 0.4) is 0 Å². The molecular weight excluding hydrogens is 370 g/mol. The van der Waals surface area contributed by atoms with Crippen LogP contribution in [0.5, 0.6) is 11.5 Å². The number of rotatable bonds is 6. The molecule has 1 amide bonds. The molecular formula is C18H17N3O5S. The monoisotopic (exact) mass is 387 g/mol. The van der Waals surface area contributed by atoms with Crippen LogP contribution in [0.15, 0.2) is 38.3 Å². The van der Waals surface area contributed by atoms with Gasteiger partial charge in [-0.3, -0.25) is 4.79 Å². The fourth-order valence-electron chi connectivity index (χ4n) is 2.65. The van der Waals surface area contributed by atoms with Gasteiger partial charge in [0.2, 0.25) is 12.7 Å². The molecule has 2 aromatic heterocycles. The second-order valence-electron chi connectivity index (χ2n) is 5.95. The Balaban J connectivity index is 1.29. The highest BCUT2D eigenvalue weighted by Crippen LogP contribution is 2.32. The van der Waals surface area contributed by atoms with Crippen LogP contribution in [0.1, 0.15) is 17.1 Å². The van der Waals surface area contributed by atoms with E-state index in [1.54, 1.807) is 0 Å². The third kappa shape index (κ3) is 3.92. The molecule has 0 atom stereocenters. The first kappa shape index (κ1) is 17.5. The molecule has 3 aromatic rings. The van der Waals surface area contributed by atoms with Crippen molar-refractivity contribution in [3.63, 3.8) is 0 Å². The molecule has 1 N–H and O–H groups in total. The number of nitrogens with zero attached hydrogens (tertiary/aromatic N) is 2. The fourth-order valence-corrected chi connectivity index (χ4v) is 3.24. The molecule has 0 saturated heterocycles. The predicted octanol–water partition coefficient (Wildman–Crippen LogP) is 3.08. The summed E-state index contributed by atoms with van der Waals surface area (Å²) in [5.41, 5.74) is 1.70. The zero-order valence-corrected chi connectivity index (χ0v) is 15.6. The van der Waals surface area contributed by atoms with Crippen molar-refractivity contribution < 1.29 is 23.1 Å². The lowest BCUT2D eigenvalue weighted by atomic mass is 10.2. The number of amides is 1. The van der Waals surface area contributed by atoms with Crippen LogP contribution in [0.25, 0.3) is 11.5 Å². The summed E-state index contributed by atoms with van der Waals surface area (Å²) < 4.78 is 21.7. The summed E-state index contributed by atoms with van der Waals surface area (Å²) in [5.74, 6) is 3.33. The number of aryl methyl sites for hydroxylation is 2. The zero-order valence-electron chi connectivity index (χ0n) is 14.8. The molecule has 1 aliphatic rings. The molecule has 1 aliphatic heterocycles. The van der Waals surface area contributed by atoms with Crippen LogP contribution in [-0.2, 0) is 11.3 Å². The summed E-state index contributed by atoms with van der Waals surface area (Å²) in [6.07, 6.45) is 0. The Morgan fingerprint density at radius 2 is 2.00 bits per heavy atom. The average molecular weight is 387 g/mol. The lowest BCUT2D eigenvalue weighted by molar-refractivity contribution is -0.118. The van der Waals surface area contributed by atoms with Gasteiger partial charge in [-0.05, 0) is 37.6 Å². The first-order chi connectivity index (χ1) is 13.1. The second kappa shape index (κ2) is 7.36. The maximum absolute atomic E-state index is 12.1. The number of ether oxygens (including phenoxy) is 2. The first-order valence-electron chi connectivity index (χ1n) is 8.27. The van der Waals surface area contributed by atoms with Crippen molar-refractivity contribution >= 4 is 17.7 Å². The number of thioether (sulfide) groups is 1. The maximum atomic E-state index is 12.1. The molecule has 0 aliphatic carbocycles. The Bertz CT molecular complexity index is 981. The summed E-state index contributed by atoms with van der Waals surface area (Å²) in [4.78, 5) is 12.1. The van der Waals surface area contributed by atoms with E-state index in [1.165, 1.54) is 11.8 Å². The second-order valence-corrected chi connectivity index (χ2v) is 6.88. The molecule has 0 bridgehead atoms. The van der Waals surface area contributed by atoms with Gasteiger partial charge in [-0.15, -0.1) is 10.2 Å². The van der Waals surface area contributed by atoms with Crippen molar-refractivity contribution in [3.05, 3.63) is 41.3 Å². The quantitative estimate of drug-likeness (QED) is 0.644. The molecule has 27 heavy (non-hydrogen) atoms. The number of nitrogens with one attached hydrogen (secondary N) is 1. The number of carbonyl (C=O) groups excluding carboxylic acids is 1. The number of aromatic nitrogens is 2. The Morgan fingerprint density at radius 1 is 1.15 bits per heavy atom. The van der Waals surface area contributed by atoms with Gasteiger partial charge in [0.25, 0.3) is 11.1 Å². The van der Waals surface area contributed by atoms with Crippen molar-refractivity contribution in [2.45, 2.75) is 25.6 Å². The molecule has 140 valence electrons. The molecule has 0 radical (unpaired) electrons. The van der Waals surface area contributed by atoms with Crippen LogP contribution in [-0.4, -0.2) is 28.7 Å². The van der Waals surface area contributed by atoms with Crippen LogP contribution in [0.2, 0.25) is 0 Å². The number of hydrogen-bond donors (Lipinski definition) is 1. The largest absolute Gasteiger partial charge is 0.466 e. The Labute approximate surface area is 159 Å². The van der Waals surface area contributed by atoms with E-state index < -0.39 is 0 Å². The van der Waals surface area contributed by atoms with Crippen molar-refractivity contribution in [2.75, 3.05) is 12.5 Å². The van der Waals surface area contributed by atoms with E-state index in [9.17, 15) is 4.79 Å². The van der Waals surface area contributed by atoms with E-state index >= 15 is 0 Å². The van der Waals surface area contributed by atoms with Crippen molar-refractivity contribution in [2.24, 2.45) is 0 Å². The Hall–Kier alpha value is -2.94. The number of hydrogen-bond acceptors (Lipinski definition) is 8. The van der Waals surface area contributed by atoms with Gasteiger partial charge in [0.05, 0.1) is 11.3 Å². The van der Waals surface area contributed by atoms with Gasteiger partial charge in [-0.1, -0.05) is 17.8 Å². The molecule has 4 rings (SSSR count). The first-order valence-corrected chi connectivity index (χ1v) is 9.26. The SMILES string of the molecule is Cc1cc(-c2nnc(SCC(=O)NCc3ccc4c(c3)OCO4)o2)c(C)o1. The van der Waals surface area contributed by atoms with E-state index in [-0.39, 0.29) is 18.5 Å². The lowest BCUT2D eigenvalue weighted by Gasteiger charge is -2.05. The van der Waals surface area contributed by atoms with E-state index in [0.29, 0.717) is 29.2 Å². The van der Waals surface area contributed by atoms with E-state index in [4.69, 9.17) is 18.3 Å². The zero-order chi connectivity index (χ0) is 18.8. The molecule has 0 spiro atoms. The Morgan fingerprint density at radius 3 is 2.81 bits per heavy atom. The minimum atomic E-state index is -0.132. The molecule has 9 heteroatoms. The molecule has 0 unspecified atom stereocenters. The number of fused-ring (bicyclic) bond motifs is 1. The molecule has 3 heterocycles. The highest BCUT2D eigenvalue weighted by Gasteiger charge is 2.16. The van der Waals surface area contributed by atoms with Crippen molar-refractivity contribution in [1.29, 1.82) is 0 Å². The molecule has 0 fully saturated rings. The van der Waals surface area contributed by atoms with Gasteiger partial charge in [0.1, 0.15) is 11.5 Å². The summed E-state index contributed by atoms with van der Waals surface area (Å²) in [7, 11) is 0. The minimum Gasteiger partial charge on any atom is -0.466 e. The van der Waals surface area contributed by atoms with Gasteiger partial charge in [0.15, 0.2) is 11.5 Å². The van der Waals surface area contributed by atoms with E-state index in [2.05, 4.69) is 15.5 Å². The van der Waals surface area contributed by atoms with Gasteiger partial charge in [-0.2, -0.15) is 0 Å². The van der Waals surface area contributed by atoms with Gasteiger partial charge < -0.3 is 23.6 Å². The number of furan rings is 1. The number of benzene rings is 1. The molecule has 8 nitrogen and oxygen atoms in total. The predicted molar refractivity (Wildman–Crippen MR) is 96.6 cm³/mol. The smallest absolute Gasteiger partial charge is 0.277 e. The minimum absolute atomic E-state index is 0.132. The topological polar surface area (TPSA) is 99.6 Å². The number of carbonyl (C=O) groups is 1. The van der Waals surface area contributed by atoms with E-state index in [1.807, 2.05) is 38.1 Å². The molecule has 1 aromatic carbocycles. The summed E-state index contributed by atoms with van der Waals surface area (Å²) in [6, 6.07) is 7.42. The Kier molecular flexibility index (Phi) is 4.76. The van der Waals surface area contributed by atoms with Crippen LogP contribution in [0.4, 0.5) is 0 Å². The summed E-state index contributed by atoms with van der Waals surface area (Å²) in [5, 5.41) is 11.2. The van der Waals surface area contributed by atoms with Crippen molar-refractivity contribution in [3.8, 4) is 23.0 Å². The van der Waals surface area contributed by atoms with Gasteiger partial charge >= 0.3 is 0 Å². The van der Waals surface area contributed by atoms with Gasteiger partial charge in [0, 0.05) is 6.54 Å². The summed E-state index contributed by atoms with van der Waals surface area (Å²) >= 11 is 1.18. The van der Waals surface area contributed by atoms with Crippen LogP contribution >= 0.6 is 11.8 Å². The maximum Gasteiger partial charge on any atom is 0.277 e. The third-order valence-electron chi connectivity index (χ3n) is 3.93. The normalized spacial score (nSPS) is 12.4. The van der Waals surface area contributed by atoms with E-state index in [0.717, 1.165) is 22.6 Å². The fraction of sp³-hybridized carbons (Fsp3) is 0.278.